The first-order valence-corrected chi connectivity index (χ1v) is 6.60. The quantitative estimate of drug-likeness (QED) is 0.578. The maximum atomic E-state index is 11.0. The zero-order valence-corrected chi connectivity index (χ0v) is 11.1. The summed E-state index contributed by atoms with van der Waals surface area (Å²) in [4.78, 5) is 11.0. The lowest BCUT2D eigenvalue weighted by molar-refractivity contribution is -0.122. The molecule has 0 radical (unpaired) electrons. The van der Waals surface area contributed by atoms with Crippen LogP contribution in [0.15, 0.2) is 0 Å². The van der Waals surface area contributed by atoms with E-state index >= 15 is 0 Å². The van der Waals surface area contributed by atoms with Gasteiger partial charge in [0.1, 0.15) is 0 Å². The molecule has 0 aliphatic carbocycles. The third-order valence-corrected chi connectivity index (χ3v) is 2.59. The van der Waals surface area contributed by atoms with Gasteiger partial charge in [-0.05, 0) is 19.4 Å². The number of fused-ring (bicyclic) bond motifs is 1. The Balaban J connectivity index is 0.000000509. The summed E-state index contributed by atoms with van der Waals surface area (Å²) in [5.74, 6) is 0.125. The van der Waals surface area contributed by atoms with Gasteiger partial charge in [0.25, 0.3) is 0 Å². The Morgan fingerprint density at radius 1 is 1.12 bits per heavy atom. The number of rotatable bonds is 0. The highest BCUT2D eigenvalue weighted by Gasteiger charge is 2.28. The summed E-state index contributed by atoms with van der Waals surface area (Å²) in [7, 11) is 0. The normalized spacial score (nSPS) is 28.1. The first-order valence-electron chi connectivity index (χ1n) is 6.60. The maximum Gasteiger partial charge on any atom is 0.234 e. The molecule has 0 bridgehead atoms. The highest BCUT2D eigenvalue weighted by Crippen LogP contribution is 2.08. The van der Waals surface area contributed by atoms with Gasteiger partial charge in [-0.3, -0.25) is 4.79 Å². The number of carbonyl (C=O) groups is 1. The van der Waals surface area contributed by atoms with E-state index in [1.165, 1.54) is 6.42 Å². The van der Waals surface area contributed by atoms with Crippen molar-refractivity contribution in [2.24, 2.45) is 0 Å². The van der Waals surface area contributed by atoms with E-state index in [9.17, 15) is 4.79 Å². The summed E-state index contributed by atoms with van der Waals surface area (Å²) in [5.41, 5.74) is 0. The molecule has 0 aromatic carbocycles. The Kier molecular flexibility index (Phi) is 9.24. The summed E-state index contributed by atoms with van der Waals surface area (Å²) < 4.78 is 0. The molecule has 2 heterocycles. The smallest absolute Gasteiger partial charge is 0.234 e. The molecule has 2 saturated heterocycles. The van der Waals surface area contributed by atoms with Crippen molar-refractivity contribution in [3.05, 3.63) is 0 Å². The van der Waals surface area contributed by atoms with E-state index in [2.05, 4.69) is 16.0 Å². The second-order valence-electron chi connectivity index (χ2n) is 3.51. The third-order valence-electron chi connectivity index (χ3n) is 2.59. The number of piperazine rings is 1. The molecule has 2 atom stereocenters. The van der Waals surface area contributed by atoms with Crippen LogP contribution in [0.1, 0.15) is 40.5 Å². The molecular formula is C12H27N3O. The maximum absolute atomic E-state index is 11.0. The average Bonchev–Trinajstić information content (AvgIpc) is 2.59. The zero-order chi connectivity index (χ0) is 12.4. The fourth-order valence-electron chi connectivity index (χ4n) is 1.93. The van der Waals surface area contributed by atoms with E-state index in [0.29, 0.717) is 18.6 Å². The molecule has 96 valence electrons. The van der Waals surface area contributed by atoms with Crippen LogP contribution in [-0.4, -0.2) is 37.6 Å². The van der Waals surface area contributed by atoms with Crippen LogP contribution in [0.4, 0.5) is 0 Å². The molecule has 1 amide bonds. The fourth-order valence-corrected chi connectivity index (χ4v) is 1.93. The highest BCUT2D eigenvalue weighted by molar-refractivity contribution is 5.79. The molecule has 16 heavy (non-hydrogen) atoms. The Morgan fingerprint density at radius 3 is 2.50 bits per heavy atom. The third kappa shape index (κ3) is 4.94. The van der Waals surface area contributed by atoms with Gasteiger partial charge in [0.05, 0.1) is 12.6 Å². The van der Waals surface area contributed by atoms with Gasteiger partial charge in [0.2, 0.25) is 5.91 Å². The van der Waals surface area contributed by atoms with Crippen molar-refractivity contribution in [1.82, 2.24) is 16.0 Å². The van der Waals surface area contributed by atoms with Crippen LogP contribution in [0.5, 0.6) is 0 Å². The molecule has 0 spiro atoms. The molecule has 3 N–H and O–H groups in total. The molecule has 2 fully saturated rings. The molecule has 2 rings (SSSR count). The van der Waals surface area contributed by atoms with E-state index in [1.54, 1.807) is 0 Å². The van der Waals surface area contributed by atoms with Gasteiger partial charge in [-0.25, -0.2) is 0 Å². The monoisotopic (exact) mass is 229 g/mol. The van der Waals surface area contributed by atoms with Gasteiger partial charge in [0, 0.05) is 12.6 Å². The topological polar surface area (TPSA) is 53.2 Å². The number of hydrogen-bond acceptors (Lipinski definition) is 3. The second-order valence-corrected chi connectivity index (χ2v) is 3.51. The van der Waals surface area contributed by atoms with Crippen molar-refractivity contribution >= 4 is 5.91 Å². The van der Waals surface area contributed by atoms with Crippen LogP contribution in [-0.2, 0) is 4.79 Å². The average molecular weight is 229 g/mol. The molecule has 2 aliphatic heterocycles. The van der Waals surface area contributed by atoms with Gasteiger partial charge in [-0.15, -0.1) is 0 Å². The lowest BCUT2D eigenvalue weighted by Crippen LogP contribution is -2.60. The highest BCUT2D eigenvalue weighted by atomic mass is 16.2. The first-order chi connectivity index (χ1) is 7.86. The summed E-state index contributed by atoms with van der Waals surface area (Å²) in [5, 5.41) is 9.57. The van der Waals surface area contributed by atoms with E-state index in [4.69, 9.17) is 0 Å². The molecule has 0 aromatic rings. The van der Waals surface area contributed by atoms with Crippen molar-refractivity contribution in [1.29, 1.82) is 0 Å². The number of amides is 1. The van der Waals surface area contributed by atoms with Crippen LogP contribution in [0.2, 0.25) is 0 Å². The number of hydrogen-bond donors (Lipinski definition) is 3. The van der Waals surface area contributed by atoms with Crippen molar-refractivity contribution in [2.45, 2.75) is 52.6 Å². The first kappa shape index (κ1) is 15.4. The summed E-state index contributed by atoms with van der Waals surface area (Å²) >= 11 is 0. The van der Waals surface area contributed by atoms with Crippen molar-refractivity contribution in [3.63, 3.8) is 0 Å². The Bertz CT molecular complexity index is 185. The van der Waals surface area contributed by atoms with Gasteiger partial charge in [-0.1, -0.05) is 27.7 Å². The van der Waals surface area contributed by atoms with Crippen molar-refractivity contribution in [3.8, 4) is 0 Å². The van der Waals surface area contributed by atoms with Crippen LogP contribution < -0.4 is 16.0 Å². The second kappa shape index (κ2) is 9.60. The predicted octanol–water partition coefficient (Wildman–Crippen LogP) is 0.879. The minimum Gasteiger partial charge on any atom is -0.349 e. The largest absolute Gasteiger partial charge is 0.349 e. The van der Waals surface area contributed by atoms with Gasteiger partial charge >= 0.3 is 0 Å². The lowest BCUT2D eigenvalue weighted by Gasteiger charge is -2.31. The van der Waals surface area contributed by atoms with E-state index in [-0.39, 0.29) is 5.91 Å². The van der Waals surface area contributed by atoms with Crippen molar-refractivity contribution in [2.75, 3.05) is 19.6 Å². The van der Waals surface area contributed by atoms with Crippen LogP contribution >= 0.6 is 0 Å². The molecule has 4 heteroatoms. The molecule has 2 unspecified atom stereocenters. The summed E-state index contributed by atoms with van der Waals surface area (Å²) in [6, 6.07) is 0.784. The number of nitrogens with one attached hydrogen (secondary N) is 3. The summed E-state index contributed by atoms with van der Waals surface area (Å²) in [6.07, 6.45) is 2.36. The van der Waals surface area contributed by atoms with Crippen molar-refractivity contribution < 1.29 is 4.79 Å². The van der Waals surface area contributed by atoms with Gasteiger partial charge in [0.15, 0.2) is 0 Å². The van der Waals surface area contributed by atoms with Gasteiger partial charge < -0.3 is 16.0 Å². The molecule has 0 saturated carbocycles. The zero-order valence-electron chi connectivity index (χ0n) is 11.1. The van der Waals surface area contributed by atoms with Crippen LogP contribution in [0.3, 0.4) is 0 Å². The van der Waals surface area contributed by atoms with E-state index < -0.39 is 0 Å². The minimum atomic E-state index is 0.125. The Hall–Kier alpha value is -0.610. The minimum absolute atomic E-state index is 0.125. The Morgan fingerprint density at radius 2 is 1.81 bits per heavy atom. The van der Waals surface area contributed by atoms with E-state index in [1.807, 2.05) is 27.7 Å². The van der Waals surface area contributed by atoms with E-state index in [0.717, 1.165) is 19.5 Å². The Labute approximate surface area is 99.6 Å². The standard InChI is InChI=1S/C8H15N3O.2C2H6/c12-8-5-10-6-2-1-3-9-4-7(6)11-8;2*1-2/h6-7,9-10H,1-5H2,(H,11,12);2*1-2H3. The van der Waals surface area contributed by atoms with Crippen LogP contribution in [0.25, 0.3) is 0 Å². The molecule has 2 aliphatic rings. The fraction of sp³-hybridized carbons (Fsp3) is 0.917. The lowest BCUT2D eigenvalue weighted by atomic mass is 10.0. The number of carbonyl (C=O) groups excluding carboxylic acids is 1. The molecule has 4 nitrogen and oxygen atoms in total. The molecular weight excluding hydrogens is 202 g/mol. The van der Waals surface area contributed by atoms with Crippen LogP contribution in [0, 0.1) is 0 Å². The molecule has 0 aromatic heterocycles. The SMILES string of the molecule is CC.CC.O=C1CNC2CCCNCC2N1. The van der Waals surface area contributed by atoms with Gasteiger partial charge in [-0.2, -0.15) is 0 Å². The summed E-state index contributed by atoms with van der Waals surface area (Å²) in [6.45, 7) is 10.5. The predicted molar refractivity (Wildman–Crippen MR) is 68.5 cm³/mol.